The second kappa shape index (κ2) is 6.74. The van der Waals surface area contributed by atoms with Crippen LogP contribution in [0.5, 0.6) is 0 Å². The minimum absolute atomic E-state index is 0.152. The largest absolute Gasteiger partial charge is 0.444 e. The summed E-state index contributed by atoms with van der Waals surface area (Å²) in [5.74, 6) is 0.225. The SMILES string of the molecule is CC.CC(C)(C)OC(=O)N1CC[C@H](CO)C1. The van der Waals surface area contributed by atoms with E-state index in [0.717, 1.165) is 6.42 Å². The van der Waals surface area contributed by atoms with Crippen molar-refractivity contribution < 1.29 is 14.6 Å². The van der Waals surface area contributed by atoms with Gasteiger partial charge >= 0.3 is 6.09 Å². The Morgan fingerprint density at radius 1 is 1.44 bits per heavy atom. The molecule has 0 aliphatic carbocycles. The van der Waals surface area contributed by atoms with Gasteiger partial charge in [-0.3, -0.25) is 0 Å². The molecule has 0 spiro atoms. The fraction of sp³-hybridized carbons (Fsp3) is 0.917. The van der Waals surface area contributed by atoms with Crippen LogP contribution in [-0.2, 0) is 4.74 Å². The minimum Gasteiger partial charge on any atom is -0.444 e. The first-order valence-corrected chi connectivity index (χ1v) is 6.01. The number of ether oxygens (including phenoxy) is 1. The summed E-state index contributed by atoms with van der Waals surface area (Å²) in [5, 5.41) is 8.92. The molecule has 4 nitrogen and oxygen atoms in total. The molecule has 0 radical (unpaired) electrons. The van der Waals surface area contributed by atoms with Crippen molar-refractivity contribution in [2.45, 2.75) is 46.6 Å². The first-order chi connectivity index (χ1) is 7.42. The van der Waals surface area contributed by atoms with E-state index >= 15 is 0 Å². The lowest BCUT2D eigenvalue weighted by molar-refractivity contribution is 0.0284. The second-order valence-corrected chi connectivity index (χ2v) is 4.76. The number of nitrogens with zero attached hydrogens (tertiary/aromatic N) is 1. The summed E-state index contributed by atoms with van der Waals surface area (Å²) in [6, 6.07) is 0. The van der Waals surface area contributed by atoms with E-state index in [1.165, 1.54) is 0 Å². The van der Waals surface area contributed by atoms with Gasteiger partial charge in [-0.05, 0) is 27.2 Å². The highest BCUT2D eigenvalue weighted by molar-refractivity contribution is 5.68. The van der Waals surface area contributed by atoms with E-state index in [4.69, 9.17) is 9.84 Å². The number of carbonyl (C=O) groups is 1. The Morgan fingerprint density at radius 2 is 2.00 bits per heavy atom. The molecule has 0 aromatic carbocycles. The van der Waals surface area contributed by atoms with Crippen molar-refractivity contribution in [1.82, 2.24) is 4.90 Å². The van der Waals surface area contributed by atoms with Gasteiger partial charge in [0.1, 0.15) is 5.60 Å². The molecule has 0 aromatic heterocycles. The van der Waals surface area contributed by atoms with Crippen LogP contribution in [0.3, 0.4) is 0 Å². The highest BCUT2D eigenvalue weighted by atomic mass is 16.6. The smallest absolute Gasteiger partial charge is 0.410 e. The van der Waals surface area contributed by atoms with E-state index in [1.54, 1.807) is 4.90 Å². The molecule has 0 aromatic rings. The normalized spacial score (nSPS) is 20.1. The van der Waals surface area contributed by atoms with E-state index in [2.05, 4.69) is 0 Å². The lowest BCUT2D eigenvalue weighted by Gasteiger charge is -2.24. The molecule has 1 aliphatic heterocycles. The van der Waals surface area contributed by atoms with E-state index in [-0.39, 0.29) is 18.6 Å². The lowest BCUT2D eigenvalue weighted by Crippen LogP contribution is -2.35. The van der Waals surface area contributed by atoms with Gasteiger partial charge in [-0.25, -0.2) is 4.79 Å². The zero-order chi connectivity index (χ0) is 12.8. The average molecular weight is 231 g/mol. The van der Waals surface area contributed by atoms with Crippen LogP contribution in [-0.4, -0.2) is 41.4 Å². The van der Waals surface area contributed by atoms with Crippen molar-refractivity contribution in [2.75, 3.05) is 19.7 Å². The summed E-state index contributed by atoms with van der Waals surface area (Å²) in [6.07, 6.45) is 0.601. The quantitative estimate of drug-likeness (QED) is 0.753. The maximum Gasteiger partial charge on any atom is 0.410 e. The van der Waals surface area contributed by atoms with Gasteiger partial charge < -0.3 is 14.7 Å². The van der Waals surface area contributed by atoms with Crippen LogP contribution in [0.1, 0.15) is 41.0 Å². The fourth-order valence-corrected chi connectivity index (χ4v) is 1.47. The number of likely N-dealkylation sites (tertiary alicyclic amines) is 1. The summed E-state index contributed by atoms with van der Waals surface area (Å²) in [7, 11) is 0. The van der Waals surface area contributed by atoms with E-state index in [1.807, 2.05) is 34.6 Å². The van der Waals surface area contributed by atoms with Crippen LogP contribution < -0.4 is 0 Å². The minimum atomic E-state index is -0.436. The molecular weight excluding hydrogens is 206 g/mol. The molecule has 16 heavy (non-hydrogen) atoms. The molecular formula is C12H25NO3. The molecule has 0 unspecified atom stereocenters. The van der Waals surface area contributed by atoms with E-state index in [0.29, 0.717) is 13.1 Å². The molecule has 1 rings (SSSR count). The van der Waals surface area contributed by atoms with E-state index < -0.39 is 5.60 Å². The Morgan fingerprint density at radius 3 is 2.38 bits per heavy atom. The topological polar surface area (TPSA) is 49.8 Å². The molecule has 0 bridgehead atoms. The van der Waals surface area contributed by atoms with Gasteiger partial charge in [-0.15, -0.1) is 0 Å². The Bertz CT molecular complexity index is 211. The van der Waals surface area contributed by atoms with Crippen molar-refractivity contribution in [1.29, 1.82) is 0 Å². The summed E-state index contributed by atoms with van der Waals surface area (Å²) in [4.78, 5) is 13.2. The summed E-state index contributed by atoms with van der Waals surface area (Å²) >= 11 is 0. The maximum absolute atomic E-state index is 11.5. The highest BCUT2D eigenvalue weighted by Crippen LogP contribution is 2.18. The first-order valence-electron chi connectivity index (χ1n) is 6.01. The number of hydrogen-bond donors (Lipinski definition) is 1. The van der Waals surface area contributed by atoms with Gasteiger partial charge in [0, 0.05) is 25.6 Å². The predicted molar refractivity (Wildman–Crippen MR) is 64.3 cm³/mol. The van der Waals surface area contributed by atoms with Crippen LogP contribution in [0.2, 0.25) is 0 Å². The zero-order valence-corrected chi connectivity index (χ0v) is 11.1. The molecule has 1 atom stereocenters. The van der Waals surface area contributed by atoms with Gasteiger partial charge in [0.2, 0.25) is 0 Å². The first kappa shape index (κ1) is 15.2. The van der Waals surface area contributed by atoms with Crippen LogP contribution in [0.25, 0.3) is 0 Å². The van der Waals surface area contributed by atoms with Crippen LogP contribution in [0.15, 0.2) is 0 Å². The standard InChI is InChI=1S/C10H19NO3.C2H6/c1-10(2,3)14-9(13)11-5-4-8(6-11)7-12;1-2/h8,12H,4-7H2,1-3H3;1-2H3/t8-;/m0./s1. The maximum atomic E-state index is 11.5. The molecule has 1 heterocycles. The fourth-order valence-electron chi connectivity index (χ4n) is 1.47. The Hall–Kier alpha value is -0.770. The van der Waals surface area contributed by atoms with Crippen molar-refractivity contribution in [3.05, 3.63) is 0 Å². The number of aliphatic hydroxyl groups excluding tert-OH is 1. The monoisotopic (exact) mass is 231 g/mol. The molecule has 1 N–H and O–H groups in total. The Labute approximate surface area is 98.6 Å². The van der Waals surface area contributed by atoms with Gasteiger partial charge in [-0.1, -0.05) is 13.8 Å². The number of amides is 1. The van der Waals surface area contributed by atoms with Gasteiger partial charge in [0.15, 0.2) is 0 Å². The van der Waals surface area contributed by atoms with Crippen molar-refractivity contribution in [3.63, 3.8) is 0 Å². The van der Waals surface area contributed by atoms with Gasteiger partial charge in [0.05, 0.1) is 0 Å². The van der Waals surface area contributed by atoms with Crippen LogP contribution >= 0.6 is 0 Å². The Kier molecular flexibility index (Phi) is 6.41. The number of rotatable bonds is 1. The molecule has 96 valence electrons. The number of aliphatic hydroxyl groups is 1. The molecule has 1 fully saturated rings. The average Bonchev–Trinajstić information content (AvgIpc) is 2.66. The molecule has 1 aliphatic rings. The van der Waals surface area contributed by atoms with E-state index in [9.17, 15) is 4.79 Å². The van der Waals surface area contributed by atoms with Gasteiger partial charge in [-0.2, -0.15) is 0 Å². The van der Waals surface area contributed by atoms with Gasteiger partial charge in [0.25, 0.3) is 0 Å². The molecule has 1 saturated heterocycles. The lowest BCUT2D eigenvalue weighted by atomic mass is 10.1. The summed E-state index contributed by atoms with van der Waals surface area (Å²) in [5.41, 5.74) is -0.436. The second-order valence-electron chi connectivity index (χ2n) is 4.76. The molecule has 4 heteroatoms. The molecule has 0 saturated carbocycles. The number of carbonyl (C=O) groups excluding carboxylic acids is 1. The third kappa shape index (κ3) is 5.35. The Balaban J connectivity index is 0.00000106. The van der Waals surface area contributed by atoms with Crippen LogP contribution in [0, 0.1) is 5.92 Å². The van der Waals surface area contributed by atoms with Crippen molar-refractivity contribution in [2.24, 2.45) is 5.92 Å². The van der Waals surface area contributed by atoms with Crippen LogP contribution in [0.4, 0.5) is 4.79 Å². The third-order valence-electron chi connectivity index (χ3n) is 2.20. The highest BCUT2D eigenvalue weighted by Gasteiger charge is 2.29. The molecule has 1 amide bonds. The predicted octanol–water partition coefficient (Wildman–Crippen LogP) is 2.26. The summed E-state index contributed by atoms with van der Waals surface area (Å²) in [6.45, 7) is 11.0. The third-order valence-corrected chi connectivity index (χ3v) is 2.20. The zero-order valence-electron chi connectivity index (χ0n) is 11.1. The number of hydrogen-bond acceptors (Lipinski definition) is 3. The van der Waals surface area contributed by atoms with Crippen molar-refractivity contribution in [3.8, 4) is 0 Å². The van der Waals surface area contributed by atoms with Crippen molar-refractivity contribution >= 4 is 6.09 Å². The summed E-state index contributed by atoms with van der Waals surface area (Å²) < 4.78 is 5.22.